The molecule has 1 aliphatic rings. The molecule has 0 radical (unpaired) electrons. The van der Waals surface area contributed by atoms with Gasteiger partial charge in [0.1, 0.15) is 18.0 Å². The number of rotatable bonds is 5. The molecule has 7 nitrogen and oxygen atoms in total. The first-order chi connectivity index (χ1) is 10.8. The standard InChI is InChI=1S/C15H22N6O/c1-2-13-16-6-9-20(13)8-5-14(22)21-7-3-4-12(10-21)15-17-11-18-19-15/h6,9,11-12H,2-5,7-8,10H2,1H3,(H,17,18,19)/t12-/m1/s1. The molecule has 22 heavy (non-hydrogen) atoms. The molecule has 0 aromatic carbocycles. The summed E-state index contributed by atoms with van der Waals surface area (Å²) in [7, 11) is 0. The van der Waals surface area contributed by atoms with Gasteiger partial charge >= 0.3 is 0 Å². The first kappa shape index (κ1) is 14.7. The molecule has 0 spiro atoms. The van der Waals surface area contributed by atoms with Crippen molar-refractivity contribution >= 4 is 5.91 Å². The zero-order valence-electron chi connectivity index (χ0n) is 12.9. The molecule has 118 valence electrons. The van der Waals surface area contributed by atoms with Crippen LogP contribution in [0.1, 0.15) is 43.8 Å². The number of imidazole rings is 1. The molecular weight excluding hydrogens is 280 g/mol. The van der Waals surface area contributed by atoms with Crippen molar-refractivity contribution in [2.24, 2.45) is 0 Å². The van der Waals surface area contributed by atoms with Crippen molar-refractivity contribution in [3.05, 3.63) is 30.4 Å². The Labute approximate surface area is 129 Å². The number of H-pyrrole nitrogens is 1. The highest BCUT2D eigenvalue weighted by Crippen LogP contribution is 2.24. The number of piperidine rings is 1. The summed E-state index contributed by atoms with van der Waals surface area (Å²) >= 11 is 0. The molecule has 0 bridgehead atoms. The van der Waals surface area contributed by atoms with Crippen LogP contribution < -0.4 is 0 Å². The van der Waals surface area contributed by atoms with E-state index in [2.05, 4.69) is 31.7 Å². The fraction of sp³-hybridized carbons (Fsp3) is 0.600. The molecule has 0 saturated carbocycles. The molecule has 0 aliphatic carbocycles. The largest absolute Gasteiger partial charge is 0.342 e. The second-order valence-electron chi connectivity index (χ2n) is 5.69. The van der Waals surface area contributed by atoms with E-state index in [1.54, 1.807) is 6.20 Å². The van der Waals surface area contributed by atoms with Gasteiger partial charge in [0, 0.05) is 50.8 Å². The molecule has 2 aromatic heterocycles. The van der Waals surface area contributed by atoms with Gasteiger partial charge in [-0.15, -0.1) is 0 Å². The van der Waals surface area contributed by atoms with Gasteiger partial charge in [0.05, 0.1) is 0 Å². The Morgan fingerprint density at radius 2 is 2.36 bits per heavy atom. The predicted octanol–water partition coefficient (Wildman–Crippen LogP) is 1.36. The number of carbonyl (C=O) groups excluding carboxylic acids is 1. The van der Waals surface area contributed by atoms with Crippen LogP contribution >= 0.6 is 0 Å². The number of amides is 1. The first-order valence-corrected chi connectivity index (χ1v) is 7.91. The average molecular weight is 302 g/mol. The van der Waals surface area contributed by atoms with E-state index < -0.39 is 0 Å². The number of likely N-dealkylation sites (tertiary alicyclic amines) is 1. The molecule has 1 atom stereocenters. The van der Waals surface area contributed by atoms with Crippen molar-refractivity contribution in [3.63, 3.8) is 0 Å². The minimum Gasteiger partial charge on any atom is -0.342 e. The molecule has 1 fully saturated rings. The van der Waals surface area contributed by atoms with Gasteiger partial charge in [-0.3, -0.25) is 9.89 Å². The van der Waals surface area contributed by atoms with Crippen molar-refractivity contribution in [2.45, 2.75) is 45.1 Å². The van der Waals surface area contributed by atoms with Gasteiger partial charge < -0.3 is 9.47 Å². The Hall–Kier alpha value is -2.18. The maximum absolute atomic E-state index is 12.5. The van der Waals surface area contributed by atoms with Crippen molar-refractivity contribution in [2.75, 3.05) is 13.1 Å². The molecule has 3 rings (SSSR count). The lowest BCUT2D eigenvalue weighted by molar-refractivity contribution is -0.132. The van der Waals surface area contributed by atoms with Crippen LogP contribution in [0.3, 0.4) is 0 Å². The van der Waals surface area contributed by atoms with Gasteiger partial charge in [-0.1, -0.05) is 6.92 Å². The Balaban J connectivity index is 1.55. The summed E-state index contributed by atoms with van der Waals surface area (Å²) in [5, 5.41) is 6.83. The van der Waals surface area contributed by atoms with Crippen molar-refractivity contribution in [3.8, 4) is 0 Å². The van der Waals surface area contributed by atoms with Gasteiger partial charge in [0.2, 0.25) is 5.91 Å². The van der Waals surface area contributed by atoms with Crippen molar-refractivity contribution in [1.82, 2.24) is 29.6 Å². The molecule has 1 saturated heterocycles. The topological polar surface area (TPSA) is 79.7 Å². The molecule has 1 aliphatic heterocycles. The Kier molecular flexibility index (Phi) is 4.50. The van der Waals surface area contributed by atoms with Crippen LogP contribution in [-0.4, -0.2) is 48.6 Å². The minimum absolute atomic E-state index is 0.208. The summed E-state index contributed by atoms with van der Waals surface area (Å²) in [6.45, 7) is 4.35. The fourth-order valence-corrected chi connectivity index (χ4v) is 3.07. The van der Waals surface area contributed by atoms with E-state index in [-0.39, 0.29) is 11.8 Å². The highest BCUT2D eigenvalue weighted by Gasteiger charge is 2.26. The van der Waals surface area contributed by atoms with Crippen LogP contribution in [-0.2, 0) is 17.8 Å². The van der Waals surface area contributed by atoms with Crippen LogP contribution in [0, 0.1) is 0 Å². The Morgan fingerprint density at radius 3 is 3.14 bits per heavy atom. The molecule has 2 aromatic rings. The molecule has 0 unspecified atom stereocenters. The highest BCUT2D eigenvalue weighted by molar-refractivity contribution is 5.76. The summed E-state index contributed by atoms with van der Waals surface area (Å²) in [5.41, 5.74) is 0. The monoisotopic (exact) mass is 302 g/mol. The quantitative estimate of drug-likeness (QED) is 0.904. The third-order valence-corrected chi connectivity index (χ3v) is 4.28. The van der Waals surface area contributed by atoms with Gasteiger partial charge in [0.25, 0.3) is 0 Å². The number of hydrogen-bond acceptors (Lipinski definition) is 4. The summed E-state index contributed by atoms with van der Waals surface area (Å²) in [4.78, 5) is 22.9. The van der Waals surface area contributed by atoms with Crippen LogP contribution in [0.15, 0.2) is 18.7 Å². The van der Waals surface area contributed by atoms with E-state index in [1.165, 1.54) is 6.33 Å². The van der Waals surface area contributed by atoms with E-state index in [0.29, 0.717) is 13.0 Å². The fourth-order valence-electron chi connectivity index (χ4n) is 3.07. The van der Waals surface area contributed by atoms with Crippen LogP contribution in [0.4, 0.5) is 0 Å². The van der Waals surface area contributed by atoms with Crippen LogP contribution in [0.2, 0.25) is 0 Å². The zero-order valence-corrected chi connectivity index (χ0v) is 12.9. The molecule has 1 amide bonds. The van der Waals surface area contributed by atoms with E-state index in [4.69, 9.17) is 0 Å². The number of aromatic nitrogens is 5. The van der Waals surface area contributed by atoms with E-state index in [1.807, 2.05) is 11.1 Å². The van der Waals surface area contributed by atoms with E-state index in [9.17, 15) is 4.79 Å². The van der Waals surface area contributed by atoms with E-state index in [0.717, 1.165) is 44.0 Å². The second kappa shape index (κ2) is 6.72. The van der Waals surface area contributed by atoms with Crippen molar-refractivity contribution < 1.29 is 4.79 Å². The molecule has 3 heterocycles. The smallest absolute Gasteiger partial charge is 0.224 e. The van der Waals surface area contributed by atoms with Gasteiger partial charge in [-0.05, 0) is 12.8 Å². The predicted molar refractivity (Wildman–Crippen MR) is 81.2 cm³/mol. The number of nitrogens with one attached hydrogen (secondary N) is 1. The molecule has 1 N–H and O–H groups in total. The highest BCUT2D eigenvalue weighted by atomic mass is 16.2. The summed E-state index contributed by atoms with van der Waals surface area (Å²) < 4.78 is 2.07. The lowest BCUT2D eigenvalue weighted by Gasteiger charge is -2.31. The number of hydrogen-bond donors (Lipinski definition) is 1. The minimum atomic E-state index is 0.208. The lowest BCUT2D eigenvalue weighted by Crippen LogP contribution is -2.39. The third-order valence-electron chi connectivity index (χ3n) is 4.28. The third kappa shape index (κ3) is 3.18. The van der Waals surface area contributed by atoms with E-state index >= 15 is 0 Å². The Morgan fingerprint density at radius 1 is 1.45 bits per heavy atom. The lowest BCUT2D eigenvalue weighted by atomic mass is 9.97. The van der Waals surface area contributed by atoms with Gasteiger partial charge in [-0.25, -0.2) is 9.97 Å². The summed E-state index contributed by atoms with van der Waals surface area (Å²) in [6, 6.07) is 0. The van der Waals surface area contributed by atoms with Crippen LogP contribution in [0.5, 0.6) is 0 Å². The number of nitrogens with zero attached hydrogens (tertiary/aromatic N) is 5. The zero-order chi connectivity index (χ0) is 15.4. The second-order valence-corrected chi connectivity index (χ2v) is 5.69. The van der Waals surface area contributed by atoms with Crippen molar-refractivity contribution in [1.29, 1.82) is 0 Å². The maximum Gasteiger partial charge on any atom is 0.224 e. The molecule has 7 heteroatoms. The average Bonchev–Trinajstić information content (AvgIpc) is 3.23. The van der Waals surface area contributed by atoms with Gasteiger partial charge in [-0.2, -0.15) is 5.10 Å². The number of aryl methyl sites for hydroxylation is 2. The maximum atomic E-state index is 12.5. The summed E-state index contributed by atoms with van der Waals surface area (Å²) in [5.74, 6) is 2.41. The number of carbonyl (C=O) groups is 1. The number of aromatic amines is 1. The SMILES string of the molecule is CCc1nccn1CCC(=O)N1CCC[C@@H](c2ncn[nH]2)C1. The normalized spacial score (nSPS) is 18.6. The molecular formula is C15H22N6O. The Bertz CT molecular complexity index is 605. The van der Waals surface area contributed by atoms with Gasteiger partial charge in [0.15, 0.2) is 0 Å². The first-order valence-electron chi connectivity index (χ1n) is 7.91. The summed E-state index contributed by atoms with van der Waals surface area (Å²) in [6.07, 6.45) is 8.75. The van der Waals surface area contributed by atoms with Crippen LogP contribution in [0.25, 0.3) is 0 Å².